The Hall–Kier alpha value is -1.60. The first-order valence-electron chi connectivity index (χ1n) is 4.40. The lowest BCUT2D eigenvalue weighted by Gasteiger charge is -2.21. The van der Waals surface area contributed by atoms with Crippen molar-refractivity contribution >= 4 is 0 Å². The number of rotatable bonds is 2. The average molecular weight is 204 g/mol. The fourth-order valence-corrected chi connectivity index (χ4v) is 1.36. The Morgan fingerprint density at radius 3 is 1.64 bits per heavy atom. The molecule has 1 heterocycles. The van der Waals surface area contributed by atoms with Crippen LogP contribution >= 0.6 is 0 Å². The van der Waals surface area contributed by atoms with E-state index >= 15 is 0 Å². The summed E-state index contributed by atoms with van der Waals surface area (Å²) in [6.07, 6.45) is 2.22. The number of nitrogens with zero attached hydrogens (tertiary/aromatic N) is 4. The van der Waals surface area contributed by atoms with Gasteiger partial charge in [-0.05, 0) is 19.3 Å². The predicted molar refractivity (Wildman–Crippen MR) is 46.1 cm³/mol. The molecule has 0 aromatic carbocycles. The Balaban J connectivity index is 2.59. The second-order valence-electron chi connectivity index (χ2n) is 3.14. The zero-order valence-electron chi connectivity index (χ0n) is 7.66. The largest absolute Gasteiger partial charge is 0.235 e. The maximum Gasteiger partial charge on any atom is 0.207 e. The van der Waals surface area contributed by atoms with Crippen LogP contribution in [0.25, 0.3) is 0 Å². The highest BCUT2D eigenvalue weighted by molar-refractivity contribution is 4.54. The van der Waals surface area contributed by atoms with Crippen molar-refractivity contribution in [1.29, 1.82) is 0 Å². The summed E-state index contributed by atoms with van der Waals surface area (Å²) in [4.78, 5) is 20.9. The molecule has 0 N–H and O–H groups in total. The highest BCUT2D eigenvalue weighted by atomic mass is 16.7. The maximum atomic E-state index is 10.5. The third-order valence-corrected chi connectivity index (χ3v) is 2.12. The average Bonchev–Trinajstić information content (AvgIpc) is 2.01. The second-order valence-corrected chi connectivity index (χ2v) is 3.14. The first-order valence-corrected chi connectivity index (χ1v) is 4.40. The molecular formula is C6H12N4O4. The van der Waals surface area contributed by atoms with E-state index in [0.29, 0.717) is 12.8 Å². The summed E-state index contributed by atoms with van der Waals surface area (Å²) >= 11 is 0. The molecule has 0 aromatic rings. The molecule has 0 aromatic heterocycles. The molecule has 0 bridgehead atoms. The minimum Gasteiger partial charge on any atom is -0.235 e. The molecule has 0 unspecified atom stereocenters. The van der Waals surface area contributed by atoms with Gasteiger partial charge in [0.15, 0.2) is 10.1 Å². The number of nitro groups is 2. The van der Waals surface area contributed by atoms with Crippen molar-refractivity contribution in [2.45, 2.75) is 19.3 Å². The monoisotopic (exact) mass is 204 g/mol. The van der Waals surface area contributed by atoms with Gasteiger partial charge in [-0.15, -0.1) is 10.0 Å². The van der Waals surface area contributed by atoms with E-state index in [0.717, 1.165) is 16.4 Å². The molecule has 0 amide bonds. The molecule has 80 valence electrons. The van der Waals surface area contributed by atoms with E-state index in [1.54, 1.807) is 0 Å². The molecule has 1 rings (SSSR count). The van der Waals surface area contributed by atoms with Crippen molar-refractivity contribution in [1.82, 2.24) is 10.0 Å². The maximum absolute atomic E-state index is 10.5. The zero-order chi connectivity index (χ0) is 10.6. The van der Waals surface area contributed by atoms with E-state index in [9.17, 15) is 20.2 Å². The van der Waals surface area contributed by atoms with Crippen LogP contribution < -0.4 is 0 Å². The molecule has 0 radical (unpaired) electrons. The van der Waals surface area contributed by atoms with Crippen LogP contribution in [0.5, 0.6) is 0 Å². The normalized spacial score (nSPS) is 18.6. The summed E-state index contributed by atoms with van der Waals surface area (Å²) in [6.45, 7) is 0.314. The quantitative estimate of drug-likeness (QED) is 0.468. The van der Waals surface area contributed by atoms with Crippen molar-refractivity contribution in [2.24, 2.45) is 0 Å². The second kappa shape index (κ2) is 4.58. The fraction of sp³-hybridized carbons (Fsp3) is 1.00. The molecule has 0 spiro atoms. The smallest absolute Gasteiger partial charge is 0.207 e. The van der Waals surface area contributed by atoms with Crippen LogP contribution in [0.4, 0.5) is 0 Å². The van der Waals surface area contributed by atoms with E-state index in [4.69, 9.17) is 0 Å². The van der Waals surface area contributed by atoms with Crippen LogP contribution in [0.2, 0.25) is 0 Å². The third kappa shape index (κ3) is 2.71. The molecule has 8 heteroatoms. The van der Waals surface area contributed by atoms with Gasteiger partial charge in [0.25, 0.3) is 0 Å². The molecular weight excluding hydrogens is 192 g/mol. The van der Waals surface area contributed by atoms with E-state index < -0.39 is 10.1 Å². The summed E-state index contributed by atoms with van der Waals surface area (Å²) in [5, 5.41) is 21.5. The van der Waals surface area contributed by atoms with Crippen LogP contribution in [0.1, 0.15) is 19.3 Å². The molecule has 1 saturated heterocycles. The van der Waals surface area contributed by atoms with Gasteiger partial charge in [-0.25, -0.2) is 20.2 Å². The van der Waals surface area contributed by atoms with Gasteiger partial charge >= 0.3 is 0 Å². The highest BCUT2D eigenvalue weighted by Crippen LogP contribution is 2.07. The molecule has 1 aliphatic heterocycles. The van der Waals surface area contributed by atoms with Crippen LogP contribution in [0.3, 0.4) is 0 Å². The van der Waals surface area contributed by atoms with Crippen molar-refractivity contribution < 1.29 is 10.1 Å². The van der Waals surface area contributed by atoms with E-state index in [1.165, 1.54) is 0 Å². The summed E-state index contributed by atoms with van der Waals surface area (Å²) in [5.74, 6) is 0. The van der Waals surface area contributed by atoms with E-state index in [2.05, 4.69) is 0 Å². The highest BCUT2D eigenvalue weighted by Gasteiger charge is 2.25. The van der Waals surface area contributed by atoms with Crippen LogP contribution in [-0.2, 0) is 0 Å². The first kappa shape index (κ1) is 10.5. The van der Waals surface area contributed by atoms with Gasteiger partial charge < -0.3 is 0 Å². The minimum atomic E-state index is -0.582. The van der Waals surface area contributed by atoms with Gasteiger partial charge in [-0.1, -0.05) is 0 Å². The SMILES string of the molecule is O=[N+]([O-])N1CCCCCN([N+](=O)[O-])C1. The predicted octanol–water partition coefficient (Wildman–Crippen LogP) is 0.115. The summed E-state index contributed by atoms with van der Waals surface area (Å²) < 4.78 is 0. The van der Waals surface area contributed by atoms with Crippen molar-refractivity contribution in [3.63, 3.8) is 0 Å². The summed E-state index contributed by atoms with van der Waals surface area (Å²) in [5.41, 5.74) is 0. The Morgan fingerprint density at radius 2 is 1.29 bits per heavy atom. The number of hydrogen-bond acceptors (Lipinski definition) is 4. The molecule has 14 heavy (non-hydrogen) atoms. The van der Waals surface area contributed by atoms with Gasteiger partial charge in [0.2, 0.25) is 6.67 Å². The van der Waals surface area contributed by atoms with Crippen molar-refractivity contribution in [3.8, 4) is 0 Å². The van der Waals surface area contributed by atoms with Gasteiger partial charge in [-0.2, -0.15) is 0 Å². The van der Waals surface area contributed by atoms with Crippen LogP contribution in [-0.4, -0.2) is 39.8 Å². The molecule has 0 saturated carbocycles. The standard InChI is InChI=1S/C6H12N4O4/c11-9(12)7-4-2-1-3-5-8(6-7)10(13)14/h1-6H2. The summed E-state index contributed by atoms with van der Waals surface area (Å²) in [6, 6.07) is 0. The van der Waals surface area contributed by atoms with Gasteiger partial charge in [0.1, 0.15) is 0 Å². The topological polar surface area (TPSA) is 92.8 Å². The van der Waals surface area contributed by atoms with Crippen molar-refractivity contribution in [3.05, 3.63) is 20.2 Å². The fourth-order valence-electron chi connectivity index (χ4n) is 1.36. The number of hydrazine groups is 2. The minimum absolute atomic E-state index is 0.236. The van der Waals surface area contributed by atoms with Gasteiger partial charge in [-0.3, -0.25) is 0 Å². The Kier molecular flexibility index (Phi) is 3.43. The first-order chi connectivity index (χ1) is 6.61. The summed E-state index contributed by atoms with van der Waals surface area (Å²) in [7, 11) is 0. The van der Waals surface area contributed by atoms with Crippen LogP contribution in [0.15, 0.2) is 0 Å². The van der Waals surface area contributed by atoms with Gasteiger partial charge in [0.05, 0.1) is 13.1 Å². The Morgan fingerprint density at radius 1 is 0.857 bits per heavy atom. The van der Waals surface area contributed by atoms with Crippen LogP contribution in [0, 0.1) is 20.2 Å². The Labute approximate surface area is 80.3 Å². The van der Waals surface area contributed by atoms with Gasteiger partial charge in [0, 0.05) is 0 Å². The van der Waals surface area contributed by atoms with E-state index in [-0.39, 0.29) is 19.8 Å². The lowest BCUT2D eigenvalue weighted by atomic mass is 10.2. The molecule has 1 fully saturated rings. The molecule has 0 aliphatic carbocycles. The molecule has 0 atom stereocenters. The zero-order valence-corrected chi connectivity index (χ0v) is 7.66. The van der Waals surface area contributed by atoms with Crippen molar-refractivity contribution in [2.75, 3.05) is 19.8 Å². The Bertz CT molecular complexity index is 212. The lowest BCUT2D eigenvalue weighted by Crippen LogP contribution is -2.45. The molecule has 8 nitrogen and oxygen atoms in total. The lowest BCUT2D eigenvalue weighted by molar-refractivity contribution is -0.712. The van der Waals surface area contributed by atoms with E-state index in [1.807, 2.05) is 0 Å². The number of hydrogen-bond donors (Lipinski definition) is 0. The third-order valence-electron chi connectivity index (χ3n) is 2.12. The molecule has 1 aliphatic rings.